The molecule has 0 rings (SSSR count). The number of carbonyl (C=O) groups is 1. The van der Waals surface area contributed by atoms with Gasteiger partial charge in [0.25, 0.3) is 0 Å². The molecule has 1 unspecified atom stereocenters. The van der Waals surface area contributed by atoms with Crippen molar-refractivity contribution < 1.29 is 38.3 Å². The predicted molar refractivity (Wildman–Crippen MR) is 143 cm³/mol. The summed E-state index contributed by atoms with van der Waals surface area (Å²) in [6, 6.07) is -1.44. The van der Waals surface area contributed by atoms with Crippen molar-refractivity contribution in [1.29, 1.82) is 0 Å². The maximum Gasteiger partial charge on any atom is 0.472 e. The summed E-state index contributed by atoms with van der Waals surface area (Å²) in [5.74, 6) is -1.36. The van der Waals surface area contributed by atoms with E-state index in [2.05, 4.69) is 60.1 Å². The summed E-state index contributed by atoms with van der Waals surface area (Å²) in [6.45, 7) is 1.14. The van der Waals surface area contributed by atoms with Gasteiger partial charge in [-0.3, -0.25) is 13.8 Å². The zero-order valence-electron chi connectivity index (χ0n) is 21.6. The van der Waals surface area contributed by atoms with Gasteiger partial charge in [-0.1, -0.05) is 68.4 Å². The molecule has 36 heavy (non-hydrogen) atoms. The van der Waals surface area contributed by atoms with Crippen molar-refractivity contribution in [3.8, 4) is 0 Å². The smallest absolute Gasteiger partial charge is 0.472 e. The number of phosphoric ester groups is 1. The lowest BCUT2D eigenvalue weighted by Gasteiger charge is -2.18. The first-order chi connectivity index (χ1) is 17.3. The molecule has 0 aliphatic rings. The Hall–Kier alpha value is -1.58. The quantitative estimate of drug-likeness (QED) is 0.0762. The summed E-state index contributed by atoms with van der Waals surface area (Å²) in [5, 5.41) is 18.0. The maximum absolute atomic E-state index is 11.7. The molecule has 5 N–H and O–H groups in total. The van der Waals surface area contributed by atoms with Crippen molar-refractivity contribution in [3.63, 3.8) is 0 Å². The number of ether oxygens (including phenoxy) is 1. The second-order valence-corrected chi connectivity index (χ2v) is 9.72. The zero-order chi connectivity index (χ0) is 26.9. The Bertz CT molecular complexity index is 708. The van der Waals surface area contributed by atoms with E-state index in [1.807, 2.05) is 0 Å². The highest BCUT2D eigenvalue weighted by atomic mass is 31.2. The van der Waals surface area contributed by atoms with Crippen LogP contribution in [0.25, 0.3) is 0 Å². The molecule has 0 aromatic heterocycles. The van der Waals surface area contributed by atoms with Crippen LogP contribution in [-0.4, -0.2) is 59.6 Å². The Labute approximate surface area is 216 Å². The average Bonchev–Trinajstić information content (AvgIpc) is 2.85. The number of hydrogen-bond acceptors (Lipinski definition) is 7. The third-order valence-electron chi connectivity index (χ3n) is 4.94. The van der Waals surface area contributed by atoms with Crippen molar-refractivity contribution in [2.45, 2.75) is 83.3 Å². The Kier molecular flexibility index (Phi) is 22.8. The van der Waals surface area contributed by atoms with Crippen LogP contribution < -0.4 is 5.73 Å². The molecule has 0 aromatic rings. The van der Waals surface area contributed by atoms with Crippen LogP contribution >= 0.6 is 7.82 Å². The van der Waals surface area contributed by atoms with Gasteiger partial charge in [-0.15, -0.1) is 0 Å². The van der Waals surface area contributed by atoms with Gasteiger partial charge in [-0.25, -0.2) is 4.57 Å². The number of aliphatic hydroxyl groups is 1. The first kappa shape index (κ1) is 34.4. The molecule has 0 amide bonds. The monoisotopic (exact) mass is 531 g/mol. The first-order valence-electron chi connectivity index (χ1n) is 12.7. The van der Waals surface area contributed by atoms with E-state index in [0.29, 0.717) is 6.61 Å². The van der Waals surface area contributed by atoms with Crippen LogP contribution in [0.2, 0.25) is 0 Å². The maximum atomic E-state index is 11.7. The fraction of sp³-hybridized carbons (Fsp3) is 0.654. The molecule has 0 spiro atoms. The average molecular weight is 532 g/mol. The van der Waals surface area contributed by atoms with E-state index in [0.717, 1.165) is 38.5 Å². The lowest BCUT2D eigenvalue weighted by molar-refractivity contribution is -0.139. The van der Waals surface area contributed by atoms with Gasteiger partial charge in [-0.2, -0.15) is 0 Å². The minimum absolute atomic E-state index is 0.364. The van der Waals surface area contributed by atoms with E-state index >= 15 is 0 Å². The number of hydrogen-bond donors (Lipinski definition) is 4. The topological polar surface area (TPSA) is 149 Å². The van der Waals surface area contributed by atoms with Crippen molar-refractivity contribution in [1.82, 2.24) is 0 Å². The normalized spacial score (nSPS) is 15.9. The van der Waals surface area contributed by atoms with Crippen molar-refractivity contribution in [2.24, 2.45) is 5.73 Å². The first-order valence-corrected chi connectivity index (χ1v) is 14.2. The van der Waals surface area contributed by atoms with Gasteiger partial charge in [-0.05, 0) is 51.4 Å². The highest BCUT2D eigenvalue weighted by Crippen LogP contribution is 2.43. The van der Waals surface area contributed by atoms with Crippen molar-refractivity contribution in [2.75, 3.05) is 26.4 Å². The highest BCUT2D eigenvalue weighted by Gasteiger charge is 2.26. The van der Waals surface area contributed by atoms with Crippen LogP contribution in [0, 0.1) is 0 Å². The van der Waals surface area contributed by atoms with Crippen LogP contribution in [0.4, 0.5) is 0 Å². The van der Waals surface area contributed by atoms with E-state index < -0.39 is 39.2 Å². The molecule has 3 atom stereocenters. The molecule has 0 aromatic carbocycles. The molecule has 0 aliphatic carbocycles. The van der Waals surface area contributed by atoms with Gasteiger partial charge >= 0.3 is 13.8 Å². The minimum Gasteiger partial charge on any atom is -0.480 e. The molecule has 10 heteroatoms. The van der Waals surface area contributed by atoms with Crippen LogP contribution in [-0.2, 0) is 23.1 Å². The standard InChI is InChI=1S/C26H46NO8P/c1-2-3-4-5-6-7-8-9-10-11-12-13-14-15-16-17-18-19-20-33-24(21-28)22-34-36(31,32)35-23-25(27)26(29)30/h6-7,9-10,12-13,15-16,24-25,28H,2-5,8,11,14,17-23,27H2,1H3,(H,29,30)(H,31,32)/t24-,25-/m0/s1. The van der Waals surface area contributed by atoms with Gasteiger partial charge in [0.15, 0.2) is 0 Å². The number of carboxylic acids is 1. The Morgan fingerprint density at radius 3 is 1.86 bits per heavy atom. The van der Waals surface area contributed by atoms with Gasteiger partial charge in [0.05, 0.1) is 19.8 Å². The SMILES string of the molecule is CCCCCC=CCC=CCC=CCC=CCCCCO[C@@H](CO)COP(=O)(O)OC[C@H](N)C(=O)O. The van der Waals surface area contributed by atoms with Crippen molar-refractivity contribution in [3.05, 3.63) is 48.6 Å². The Morgan fingerprint density at radius 1 is 0.861 bits per heavy atom. The van der Waals surface area contributed by atoms with Crippen LogP contribution in [0.15, 0.2) is 48.6 Å². The zero-order valence-corrected chi connectivity index (χ0v) is 22.5. The largest absolute Gasteiger partial charge is 0.480 e. The number of carboxylic acid groups (broad SMARTS) is 1. The van der Waals surface area contributed by atoms with Gasteiger partial charge in [0.1, 0.15) is 12.1 Å². The third kappa shape index (κ3) is 22.9. The molecule has 9 nitrogen and oxygen atoms in total. The molecule has 0 saturated carbocycles. The summed E-state index contributed by atoms with van der Waals surface area (Å²) >= 11 is 0. The van der Waals surface area contributed by atoms with E-state index in [1.54, 1.807) is 0 Å². The predicted octanol–water partition coefficient (Wildman–Crippen LogP) is 5.06. The Balaban J connectivity index is 3.77. The molecular weight excluding hydrogens is 485 g/mol. The Morgan fingerprint density at radius 2 is 1.36 bits per heavy atom. The molecule has 0 heterocycles. The summed E-state index contributed by atoms with van der Waals surface area (Å²) in [5.41, 5.74) is 5.20. The number of nitrogens with two attached hydrogens (primary N) is 1. The number of aliphatic hydroxyl groups excluding tert-OH is 1. The number of unbranched alkanes of at least 4 members (excludes halogenated alkanes) is 5. The van der Waals surface area contributed by atoms with Crippen molar-refractivity contribution >= 4 is 13.8 Å². The lowest BCUT2D eigenvalue weighted by atomic mass is 10.2. The van der Waals surface area contributed by atoms with E-state index in [-0.39, 0.29) is 6.61 Å². The molecule has 208 valence electrons. The van der Waals surface area contributed by atoms with Crippen LogP contribution in [0.1, 0.15) is 71.1 Å². The van der Waals surface area contributed by atoms with Gasteiger partial charge in [0, 0.05) is 6.61 Å². The molecule has 0 aliphatic heterocycles. The summed E-state index contributed by atoms with van der Waals surface area (Å²) < 4.78 is 26.4. The highest BCUT2D eigenvalue weighted by molar-refractivity contribution is 7.47. The number of rotatable bonds is 24. The molecule has 0 saturated heterocycles. The number of aliphatic carboxylic acids is 1. The summed E-state index contributed by atoms with van der Waals surface area (Å²) in [7, 11) is -4.49. The molecular formula is C26H46NO8P. The lowest BCUT2D eigenvalue weighted by Crippen LogP contribution is -2.34. The summed E-state index contributed by atoms with van der Waals surface area (Å²) in [6.07, 6.45) is 27.1. The molecule has 0 bridgehead atoms. The fourth-order valence-corrected chi connectivity index (χ4v) is 3.57. The number of phosphoric acid groups is 1. The van der Waals surface area contributed by atoms with E-state index in [1.165, 1.54) is 25.7 Å². The second kappa shape index (κ2) is 23.8. The summed E-state index contributed by atoms with van der Waals surface area (Å²) in [4.78, 5) is 20.1. The minimum atomic E-state index is -4.49. The third-order valence-corrected chi connectivity index (χ3v) is 5.89. The van der Waals surface area contributed by atoms with Crippen LogP contribution in [0.3, 0.4) is 0 Å². The van der Waals surface area contributed by atoms with Gasteiger partial charge in [0.2, 0.25) is 0 Å². The molecule has 0 radical (unpaired) electrons. The van der Waals surface area contributed by atoms with Crippen LogP contribution in [0.5, 0.6) is 0 Å². The number of allylic oxidation sites excluding steroid dienone is 8. The fourth-order valence-electron chi connectivity index (χ4n) is 2.79. The molecule has 0 fully saturated rings. The van der Waals surface area contributed by atoms with E-state index in [4.69, 9.17) is 20.1 Å². The second-order valence-electron chi connectivity index (χ2n) is 8.26. The van der Waals surface area contributed by atoms with Gasteiger partial charge < -0.3 is 25.6 Å². The van der Waals surface area contributed by atoms with E-state index in [9.17, 15) is 19.4 Å².